The van der Waals surface area contributed by atoms with Crippen LogP contribution in [0.1, 0.15) is 27.9 Å². The highest BCUT2D eigenvalue weighted by molar-refractivity contribution is 6.04. The minimum absolute atomic E-state index is 0.0435. The molecule has 0 aliphatic heterocycles. The summed E-state index contributed by atoms with van der Waals surface area (Å²) in [6.45, 7) is -0.318. The molecule has 1 unspecified atom stereocenters. The summed E-state index contributed by atoms with van der Waals surface area (Å²) < 4.78 is 24.0. The van der Waals surface area contributed by atoms with Crippen LogP contribution in [0.4, 0.5) is 10.1 Å². The second-order valence-corrected chi connectivity index (χ2v) is 7.51. The van der Waals surface area contributed by atoms with Gasteiger partial charge >= 0.3 is 0 Å². The molecule has 8 nitrogen and oxygen atoms in total. The van der Waals surface area contributed by atoms with Crippen LogP contribution in [0.15, 0.2) is 100 Å². The molecule has 9 heteroatoms. The van der Waals surface area contributed by atoms with E-state index in [1.807, 2.05) is 0 Å². The van der Waals surface area contributed by atoms with Crippen LogP contribution in [-0.2, 0) is 16.1 Å². The molecule has 3 amide bonds. The average Bonchev–Trinajstić information content (AvgIpc) is 3.60. The molecular weight excluding hydrogens is 453 g/mol. The maximum Gasteiger partial charge on any atom is 0.287 e. The fourth-order valence-corrected chi connectivity index (χ4v) is 3.51. The molecule has 1 atom stereocenters. The van der Waals surface area contributed by atoms with Crippen LogP contribution in [-0.4, -0.2) is 24.3 Å². The summed E-state index contributed by atoms with van der Waals surface area (Å²) in [4.78, 5) is 40.4. The smallest absolute Gasteiger partial charge is 0.287 e. The fourth-order valence-electron chi connectivity index (χ4n) is 3.51. The molecule has 0 fully saturated rings. The van der Waals surface area contributed by atoms with Gasteiger partial charge in [0.2, 0.25) is 11.8 Å². The highest BCUT2D eigenvalue weighted by Gasteiger charge is 2.33. The Morgan fingerprint density at radius 1 is 0.829 bits per heavy atom. The largest absolute Gasteiger partial charge is 0.467 e. The van der Waals surface area contributed by atoms with Gasteiger partial charge in [-0.3, -0.25) is 19.3 Å². The highest BCUT2D eigenvalue weighted by atomic mass is 19.1. The average molecular weight is 475 g/mol. The molecule has 0 aliphatic carbocycles. The van der Waals surface area contributed by atoms with Crippen LogP contribution in [0, 0.1) is 5.82 Å². The molecule has 0 bridgehead atoms. The van der Waals surface area contributed by atoms with Crippen molar-refractivity contribution in [2.75, 3.05) is 11.4 Å². The summed E-state index contributed by atoms with van der Waals surface area (Å²) in [7, 11) is 0. The summed E-state index contributed by atoms with van der Waals surface area (Å²) in [6, 6.07) is 19.2. The number of benzene rings is 2. The molecule has 0 radical (unpaired) electrons. The van der Waals surface area contributed by atoms with E-state index in [1.165, 1.54) is 47.8 Å². The number of hydrogen-bond acceptors (Lipinski definition) is 5. The number of carbonyl (C=O) groups excluding carboxylic acids is 3. The van der Waals surface area contributed by atoms with Gasteiger partial charge in [-0.05, 0) is 54.1 Å². The lowest BCUT2D eigenvalue weighted by molar-refractivity contribution is -0.126. The number of anilines is 1. The lowest BCUT2D eigenvalue weighted by Gasteiger charge is -2.31. The zero-order chi connectivity index (χ0) is 24.6. The zero-order valence-corrected chi connectivity index (χ0v) is 18.5. The maximum absolute atomic E-state index is 13.7. The number of amides is 3. The number of halogens is 1. The van der Waals surface area contributed by atoms with Gasteiger partial charge in [0.15, 0.2) is 5.76 Å². The second-order valence-electron chi connectivity index (χ2n) is 7.51. The van der Waals surface area contributed by atoms with E-state index >= 15 is 0 Å². The van der Waals surface area contributed by atoms with E-state index in [9.17, 15) is 18.8 Å². The van der Waals surface area contributed by atoms with Crippen molar-refractivity contribution in [1.29, 1.82) is 0 Å². The molecule has 2 aromatic heterocycles. The van der Waals surface area contributed by atoms with E-state index in [1.54, 1.807) is 48.5 Å². The van der Waals surface area contributed by atoms with Crippen molar-refractivity contribution in [2.45, 2.75) is 12.6 Å². The van der Waals surface area contributed by atoms with Crippen LogP contribution in [0.3, 0.4) is 0 Å². The number of furan rings is 2. The summed E-state index contributed by atoms with van der Waals surface area (Å²) >= 11 is 0. The lowest BCUT2D eigenvalue weighted by Crippen LogP contribution is -2.47. The number of nitrogens with zero attached hydrogens (tertiary/aromatic N) is 1. The highest BCUT2D eigenvalue weighted by Crippen LogP contribution is 2.28. The first-order valence-corrected chi connectivity index (χ1v) is 10.8. The first kappa shape index (κ1) is 23.5. The predicted molar refractivity (Wildman–Crippen MR) is 125 cm³/mol. The van der Waals surface area contributed by atoms with Crippen molar-refractivity contribution in [2.24, 2.45) is 0 Å². The lowest BCUT2D eigenvalue weighted by atomic mass is 10.0. The van der Waals surface area contributed by atoms with Crippen molar-refractivity contribution < 1.29 is 27.6 Å². The van der Waals surface area contributed by atoms with E-state index in [2.05, 4.69) is 10.6 Å². The zero-order valence-electron chi connectivity index (χ0n) is 18.5. The SMILES string of the molecule is O=C(NCC(=O)N(c1ccc(F)cc1)C(C(=O)NCc1ccco1)c1ccccc1)c1ccco1. The second kappa shape index (κ2) is 11.0. The Hall–Kier alpha value is -4.66. The molecule has 0 saturated heterocycles. The van der Waals surface area contributed by atoms with E-state index in [-0.39, 0.29) is 18.0 Å². The number of nitrogens with one attached hydrogen (secondary N) is 2. The number of rotatable bonds is 9. The Balaban J connectivity index is 1.65. The van der Waals surface area contributed by atoms with Gasteiger partial charge in [-0.1, -0.05) is 30.3 Å². The van der Waals surface area contributed by atoms with E-state index < -0.39 is 36.1 Å². The first-order chi connectivity index (χ1) is 17.0. The Kier molecular flexibility index (Phi) is 7.37. The summed E-state index contributed by atoms with van der Waals surface area (Å²) in [5.41, 5.74) is 0.810. The molecule has 2 N–H and O–H groups in total. The molecule has 2 heterocycles. The van der Waals surface area contributed by atoms with E-state index in [0.717, 1.165) is 0 Å². The van der Waals surface area contributed by atoms with Gasteiger partial charge in [0.05, 0.1) is 25.6 Å². The van der Waals surface area contributed by atoms with Gasteiger partial charge < -0.3 is 19.5 Å². The third-order valence-electron chi connectivity index (χ3n) is 5.16. The summed E-state index contributed by atoms with van der Waals surface area (Å²) in [5.74, 6) is -1.56. The van der Waals surface area contributed by atoms with Crippen LogP contribution >= 0.6 is 0 Å². The molecule has 0 saturated carbocycles. The molecule has 4 rings (SSSR count). The van der Waals surface area contributed by atoms with Crippen LogP contribution in [0.2, 0.25) is 0 Å². The quantitative estimate of drug-likeness (QED) is 0.383. The predicted octanol–water partition coefficient (Wildman–Crippen LogP) is 3.83. The van der Waals surface area contributed by atoms with Crippen LogP contribution in [0.25, 0.3) is 0 Å². The fraction of sp³-hybridized carbons (Fsp3) is 0.115. The monoisotopic (exact) mass is 475 g/mol. The van der Waals surface area contributed by atoms with Gasteiger partial charge in [-0.25, -0.2) is 4.39 Å². The number of hydrogen-bond donors (Lipinski definition) is 2. The summed E-state index contributed by atoms with van der Waals surface area (Å²) in [6.07, 6.45) is 2.84. The molecule has 4 aromatic rings. The minimum atomic E-state index is -1.11. The van der Waals surface area contributed by atoms with Crippen LogP contribution < -0.4 is 15.5 Å². The van der Waals surface area contributed by atoms with Crippen molar-refractivity contribution in [3.05, 3.63) is 114 Å². The Morgan fingerprint density at radius 3 is 2.20 bits per heavy atom. The van der Waals surface area contributed by atoms with E-state index in [4.69, 9.17) is 8.83 Å². The third kappa shape index (κ3) is 5.83. The van der Waals surface area contributed by atoms with Gasteiger partial charge in [0.1, 0.15) is 17.6 Å². The van der Waals surface area contributed by atoms with Crippen molar-refractivity contribution >= 4 is 23.4 Å². The van der Waals surface area contributed by atoms with Gasteiger partial charge in [0, 0.05) is 5.69 Å². The van der Waals surface area contributed by atoms with Gasteiger partial charge in [-0.2, -0.15) is 0 Å². The molecule has 0 spiro atoms. The Labute approximate surface area is 200 Å². The Morgan fingerprint density at radius 2 is 1.54 bits per heavy atom. The van der Waals surface area contributed by atoms with Crippen molar-refractivity contribution in [3.8, 4) is 0 Å². The van der Waals surface area contributed by atoms with Crippen molar-refractivity contribution in [3.63, 3.8) is 0 Å². The molecule has 35 heavy (non-hydrogen) atoms. The standard InChI is InChI=1S/C26H22FN3O5/c27-19-10-12-20(13-11-19)30(23(31)17-29-25(32)22-9-5-15-35-22)24(18-6-2-1-3-7-18)26(33)28-16-21-8-4-14-34-21/h1-15,24H,16-17H2,(H,28,33)(H,29,32). The topological polar surface area (TPSA) is 105 Å². The molecule has 0 aliphatic rings. The number of carbonyl (C=O) groups is 3. The Bertz CT molecular complexity index is 1260. The molecular formula is C26H22FN3O5. The minimum Gasteiger partial charge on any atom is -0.467 e. The molecule has 178 valence electrons. The maximum atomic E-state index is 13.7. The van der Waals surface area contributed by atoms with Crippen LogP contribution in [0.5, 0.6) is 0 Å². The van der Waals surface area contributed by atoms with E-state index in [0.29, 0.717) is 11.3 Å². The van der Waals surface area contributed by atoms with Gasteiger partial charge in [-0.15, -0.1) is 0 Å². The van der Waals surface area contributed by atoms with Crippen molar-refractivity contribution in [1.82, 2.24) is 10.6 Å². The summed E-state index contributed by atoms with van der Waals surface area (Å²) in [5, 5.41) is 5.29. The third-order valence-corrected chi connectivity index (χ3v) is 5.16. The molecule has 2 aromatic carbocycles. The normalized spacial score (nSPS) is 11.5. The first-order valence-electron chi connectivity index (χ1n) is 10.8. The van der Waals surface area contributed by atoms with Gasteiger partial charge in [0.25, 0.3) is 5.91 Å².